The van der Waals surface area contributed by atoms with Crippen molar-refractivity contribution in [2.24, 2.45) is 0 Å². The van der Waals surface area contributed by atoms with Gasteiger partial charge in [-0.05, 0) is 55.9 Å². The maximum absolute atomic E-state index is 12.3. The number of carbonyl (C=O) groups excluding carboxylic acids is 1. The van der Waals surface area contributed by atoms with Crippen molar-refractivity contribution in [1.29, 1.82) is 0 Å². The number of ether oxygens (including phenoxy) is 1. The van der Waals surface area contributed by atoms with Gasteiger partial charge in [0.1, 0.15) is 5.75 Å². The second-order valence-corrected chi connectivity index (χ2v) is 6.60. The molecule has 0 radical (unpaired) electrons. The number of likely N-dealkylation sites (N-methyl/N-ethyl adjacent to an activating group) is 1. The Morgan fingerprint density at radius 1 is 1.00 bits per heavy atom. The highest BCUT2D eigenvalue weighted by Gasteiger charge is 2.14. The SMILES string of the molecule is CCOc1ccc(C(=O)NCc2ccc(N3CCN(C)CC3)cc2)cc1. The third-order valence-corrected chi connectivity index (χ3v) is 4.69. The van der Waals surface area contributed by atoms with E-state index < -0.39 is 0 Å². The molecule has 1 amide bonds. The number of nitrogens with one attached hydrogen (secondary N) is 1. The molecule has 1 N–H and O–H groups in total. The Balaban J connectivity index is 1.52. The van der Waals surface area contributed by atoms with E-state index in [1.807, 2.05) is 19.1 Å². The normalized spacial score (nSPS) is 14.9. The smallest absolute Gasteiger partial charge is 0.251 e. The number of carbonyl (C=O) groups is 1. The summed E-state index contributed by atoms with van der Waals surface area (Å²) >= 11 is 0. The third-order valence-electron chi connectivity index (χ3n) is 4.69. The van der Waals surface area contributed by atoms with Crippen LogP contribution in [0, 0.1) is 0 Å². The molecular weight excluding hydrogens is 326 g/mol. The molecule has 0 aliphatic carbocycles. The summed E-state index contributed by atoms with van der Waals surface area (Å²) in [4.78, 5) is 17.0. The quantitative estimate of drug-likeness (QED) is 0.867. The van der Waals surface area contributed by atoms with Crippen LogP contribution in [0.25, 0.3) is 0 Å². The van der Waals surface area contributed by atoms with Crippen molar-refractivity contribution < 1.29 is 9.53 Å². The van der Waals surface area contributed by atoms with E-state index in [2.05, 4.69) is 46.4 Å². The summed E-state index contributed by atoms with van der Waals surface area (Å²) in [6.07, 6.45) is 0. The van der Waals surface area contributed by atoms with Crippen LogP contribution in [0.1, 0.15) is 22.8 Å². The molecule has 0 saturated carbocycles. The van der Waals surface area contributed by atoms with Gasteiger partial charge < -0.3 is 19.9 Å². The molecule has 2 aromatic rings. The molecule has 0 bridgehead atoms. The van der Waals surface area contributed by atoms with Gasteiger partial charge in [-0.3, -0.25) is 4.79 Å². The molecule has 0 aromatic heterocycles. The fraction of sp³-hybridized carbons (Fsp3) is 0.381. The van der Waals surface area contributed by atoms with E-state index in [4.69, 9.17) is 4.74 Å². The Labute approximate surface area is 155 Å². The summed E-state index contributed by atoms with van der Waals surface area (Å²) in [5.74, 6) is 0.708. The molecule has 1 saturated heterocycles. The van der Waals surface area contributed by atoms with E-state index in [0.29, 0.717) is 18.7 Å². The third kappa shape index (κ3) is 4.76. The average molecular weight is 353 g/mol. The Kier molecular flexibility index (Phi) is 6.12. The van der Waals surface area contributed by atoms with Crippen molar-refractivity contribution in [3.63, 3.8) is 0 Å². The molecule has 138 valence electrons. The fourth-order valence-electron chi connectivity index (χ4n) is 3.04. The summed E-state index contributed by atoms with van der Waals surface area (Å²) in [6, 6.07) is 15.7. The van der Waals surface area contributed by atoms with Crippen LogP contribution in [0.3, 0.4) is 0 Å². The summed E-state index contributed by atoms with van der Waals surface area (Å²) in [5, 5.41) is 2.97. The van der Waals surface area contributed by atoms with Crippen molar-refractivity contribution >= 4 is 11.6 Å². The number of hydrogen-bond acceptors (Lipinski definition) is 4. The van der Waals surface area contributed by atoms with Crippen LogP contribution in [0.15, 0.2) is 48.5 Å². The van der Waals surface area contributed by atoms with Crippen molar-refractivity contribution in [3.8, 4) is 5.75 Å². The largest absolute Gasteiger partial charge is 0.494 e. The van der Waals surface area contributed by atoms with Gasteiger partial charge in [-0.1, -0.05) is 12.1 Å². The monoisotopic (exact) mass is 353 g/mol. The molecule has 5 heteroatoms. The second-order valence-electron chi connectivity index (χ2n) is 6.60. The maximum atomic E-state index is 12.3. The van der Waals surface area contributed by atoms with Gasteiger partial charge in [0.25, 0.3) is 5.91 Å². The number of nitrogens with zero attached hydrogens (tertiary/aromatic N) is 2. The second kappa shape index (κ2) is 8.72. The molecule has 1 aliphatic heterocycles. The first-order chi connectivity index (χ1) is 12.7. The zero-order valence-corrected chi connectivity index (χ0v) is 15.6. The van der Waals surface area contributed by atoms with E-state index in [1.165, 1.54) is 5.69 Å². The molecule has 0 unspecified atom stereocenters. The van der Waals surface area contributed by atoms with Crippen LogP contribution in [0.5, 0.6) is 5.75 Å². The van der Waals surface area contributed by atoms with Gasteiger partial charge in [0.05, 0.1) is 6.61 Å². The van der Waals surface area contributed by atoms with Crippen molar-refractivity contribution in [1.82, 2.24) is 10.2 Å². The molecule has 3 rings (SSSR count). The number of amides is 1. The lowest BCUT2D eigenvalue weighted by atomic mass is 10.1. The van der Waals surface area contributed by atoms with E-state index in [1.54, 1.807) is 12.1 Å². The van der Waals surface area contributed by atoms with Gasteiger partial charge in [-0.25, -0.2) is 0 Å². The minimum atomic E-state index is -0.0730. The van der Waals surface area contributed by atoms with E-state index >= 15 is 0 Å². The van der Waals surface area contributed by atoms with Crippen LogP contribution < -0.4 is 15.0 Å². The first-order valence-electron chi connectivity index (χ1n) is 9.19. The van der Waals surface area contributed by atoms with Crippen molar-refractivity contribution in [2.75, 3.05) is 44.7 Å². The number of benzene rings is 2. The van der Waals surface area contributed by atoms with Gasteiger partial charge in [0.2, 0.25) is 0 Å². The van der Waals surface area contributed by atoms with Crippen LogP contribution in [0.4, 0.5) is 5.69 Å². The lowest BCUT2D eigenvalue weighted by molar-refractivity contribution is 0.0951. The van der Waals surface area contributed by atoms with Gasteiger partial charge in [-0.15, -0.1) is 0 Å². The Hall–Kier alpha value is -2.53. The minimum Gasteiger partial charge on any atom is -0.494 e. The van der Waals surface area contributed by atoms with Crippen molar-refractivity contribution in [2.45, 2.75) is 13.5 Å². The summed E-state index contributed by atoms with van der Waals surface area (Å²) in [6.45, 7) is 7.40. The highest BCUT2D eigenvalue weighted by Crippen LogP contribution is 2.17. The van der Waals surface area contributed by atoms with E-state index in [9.17, 15) is 4.79 Å². The zero-order chi connectivity index (χ0) is 18.4. The Morgan fingerprint density at radius 3 is 2.27 bits per heavy atom. The predicted octanol–water partition coefficient (Wildman–Crippen LogP) is 2.77. The molecule has 5 nitrogen and oxygen atoms in total. The van der Waals surface area contributed by atoms with Gasteiger partial charge in [0.15, 0.2) is 0 Å². The zero-order valence-electron chi connectivity index (χ0n) is 15.6. The standard InChI is InChI=1S/C21H27N3O2/c1-3-26-20-10-6-18(7-11-20)21(25)22-16-17-4-8-19(9-5-17)24-14-12-23(2)13-15-24/h4-11H,3,12-16H2,1-2H3,(H,22,25). The summed E-state index contributed by atoms with van der Waals surface area (Å²) in [7, 11) is 2.16. The average Bonchev–Trinajstić information content (AvgIpc) is 2.68. The molecule has 2 aromatic carbocycles. The van der Waals surface area contributed by atoms with Crippen LogP contribution in [-0.4, -0.2) is 50.6 Å². The van der Waals surface area contributed by atoms with Crippen LogP contribution in [-0.2, 0) is 6.54 Å². The van der Waals surface area contributed by atoms with Crippen LogP contribution in [0.2, 0.25) is 0 Å². The topological polar surface area (TPSA) is 44.8 Å². The van der Waals surface area contributed by atoms with Crippen molar-refractivity contribution in [3.05, 3.63) is 59.7 Å². The first-order valence-corrected chi connectivity index (χ1v) is 9.19. The minimum absolute atomic E-state index is 0.0730. The highest BCUT2D eigenvalue weighted by atomic mass is 16.5. The lowest BCUT2D eigenvalue weighted by Gasteiger charge is -2.34. The van der Waals surface area contributed by atoms with Crippen LogP contribution >= 0.6 is 0 Å². The predicted molar refractivity (Wildman–Crippen MR) is 105 cm³/mol. The number of rotatable bonds is 6. The molecule has 1 fully saturated rings. The molecule has 1 heterocycles. The molecule has 0 spiro atoms. The lowest BCUT2D eigenvalue weighted by Crippen LogP contribution is -2.44. The van der Waals surface area contributed by atoms with Gasteiger partial charge in [-0.2, -0.15) is 0 Å². The van der Waals surface area contributed by atoms with E-state index in [0.717, 1.165) is 37.5 Å². The molecular formula is C21H27N3O2. The number of anilines is 1. The first kappa shape index (κ1) is 18.3. The van der Waals surface area contributed by atoms with Gasteiger partial charge in [0, 0.05) is 44.0 Å². The van der Waals surface area contributed by atoms with E-state index in [-0.39, 0.29) is 5.91 Å². The van der Waals surface area contributed by atoms with Gasteiger partial charge >= 0.3 is 0 Å². The maximum Gasteiger partial charge on any atom is 0.251 e. The number of hydrogen-bond donors (Lipinski definition) is 1. The molecule has 26 heavy (non-hydrogen) atoms. The molecule has 0 atom stereocenters. The number of piperazine rings is 1. The highest BCUT2D eigenvalue weighted by molar-refractivity contribution is 5.94. The Bertz CT molecular complexity index is 705. The molecule has 1 aliphatic rings. The fourth-order valence-corrected chi connectivity index (χ4v) is 3.04. The summed E-state index contributed by atoms with van der Waals surface area (Å²) < 4.78 is 5.40. The Morgan fingerprint density at radius 2 is 1.65 bits per heavy atom. The summed E-state index contributed by atoms with van der Waals surface area (Å²) in [5.41, 5.74) is 2.99.